The van der Waals surface area contributed by atoms with E-state index in [-0.39, 0.29) is 11.8 Å². The van der Waals surface area contributed by atoms with Gasteiger partial charge in [-0.15, -0.1) is 11.6 Å². The first-order valence-corrected chi connectivity index (χ1v) is 10.0. The third-order valence-corrected chi connectivity index (χ3v) is 5.31. The van der Waals surface area contributed by atoms with Crippen LogP contribution in [0.3, 0.4) is 0 Å². The largest absolute Gasteiger partial charge is 0.347 e. The van der Waals surface area contributed by atoms with Gasteiger partial charge in [-0.2, -0.15) is 0 Å². The van der Waals surface area contributed by atoms with Crippen molar-refractivity contribution in [2.45, 2.75) is 25.2 Å². The lowest BCUT2D eigenvalue weighted by Gasteiger charge is -2.32. The first kappa shape index (κ1) is 19.9. The third kappa shape index (κ3) is 4.71. The van der Waals surface area contributed by atoms with Crippen LogP contribution < -0.4 is 4.90 Å². The summed E-state index contributed by atoms with van der Waals surface area (Å²) < 4.78 is 0. The number of carbonyl (C=O) groups is 1. The summed E-state index contributed by atoms with van der Waals surface area (Å²) >= 11 is 11.9. The Morgan fingerprint density at radius 3 is 2.67 bits per heavy atom. The summed E-state index contributed by atoms with van der Waals surface area (Å²) in [6.45, 7) is 1.47. The summed E-state index contributed by atoms with van der Waals surface area (Å²) in [5, 5.41) is 0.691. The molecular formula is C20H24Cl2N4O. The van der Waals surface area contributed by atoms with Crippen LogP contribution in [0, 0.1) is 0 Å². The molecule has 1 fully saturated rings. The summed E-state index contributed by atoms with van der Waals surface area (Å²) in [6.07, 6.45) is 4.05. The maximum absolute atomic E-state index is 12.1. The number of hydrogen-bond acceptors (Lipinski definition) is 4. The summed E-state index contributed by atoms with van der Waals surface area (Å²) in [6, 6.07) is 7.77. The van der Waals surface area contributed by atoms with Crippen molar-refractivity contribution in [2.24, 2.45) is 0 Å². The molecule has 7 heteroatoms. The number of benzene rings is 1. The molecule has 0 spiro atoms. The van der Waals surface area contributed by atoms with Gasteiger partial charge >= 0.3 is 0 Å². The van der Waals surface area contributed by atoms with Crippen LogP contribution in [-0.4, -0.2) is 53.8 Å². The molecule has 1 aliphatic rings. The van der Waals surface area contributed by atoms with E-state index in [1.165, 1.54) is 0 Å². The van der Waals surface area contributed by atoms with Crippen LogP contribution in [0.1, 0.15) is 30.9 Å². The van der Waals surface area contributed by atoms with Gasteiger partial charge in [0.15, 0.2) is 0 Å². The molecule has 0 radical (unpaired) electrons. The van der Waals surface area contributed by atoms with E-state index in [0.29, 0.717) is 23.3 Å². The van der Waals surface area contributed by atoms with Crippen molar-refractivity contribution in [2.75, 3.05) is 38.0 Å². The zero-order valence-corrected chi connectivity index (χ0v) is 17.2. The number of aromatic nitrogens is 2. The Morgan fingerprint density at radius 2 is 2.04 bits per heavy atom. The Kier molecular flexibility index (Phi) is 6.55. The fraction of sp³-hybridized carbons (Fsp3) is 0.450. The SMILES string of the molecule is CN(C)c1ncc(-c2cccc(Cl)c2)c(C2CCN(C(=O)CCCl)CC2)n1. The van der Waals surface area contributed by atoms with Gasteiger partial charge in [0.05, 0.1) is 5.69 Å². The molecule has 0 N–H and O–H groups in total. The summed E-state index contributed by atoms with van der Waals surface area (Å²) in [5.41, 5.74) is 3.05. The number of alkyl halides is 1. The van der Waals surface area contributed by atoms with E-state index in [2.05, 4.69) is 4.98 Å². The third-order valence-electron chi connectivity index (χ3n) is 4.88. The van der Waals surface area contributed by atoms with Crippen molar-refractivity contribution in [3.63, 3.8) is 0 Å². The second-order valence-electron chi connectivity index (χ2n) is 6.97. The van der Waals surface area contributed by atoms with Crippen LogP contribution in [-0.2, 0) is 4.79 Å². The van der Waals surface area contributed by atoms with E-state index in [0.717, 1.165) is 42.8 Å². The molecule has 1 amide bonds. The maximum atomic E-state index is 12.1. The lowest BCUT2D eigenvalue weighted by molar-refractivity contribution is -0.131. The second kappa shape index (κ2) is 8.89. The highest BCUT2D eigenvalue weighted by molar-refractivity contribution is 6.30. The summed E-state index contributed by atoms with van der Waals surface area (Å²) in [5.74, 6) is 1.47. The van der Waals surface area contributed by atoms with Gasteiger partial charge in [-0.05, 0) is 30.5 Å². The number of amides is 1. The number of piperidine rings is 1. The molecule has 0 atom stereocenters. The first-order valence-electron chi connectivity index (χ1n) is 9.13. The highest BCUT2D eigenvalue weighted by Crippen LogP contribution is 2.35. The molecule has 0 unspecified atom stereocenters. The zero-order valence-electron chi connectivity index (χ0n) is 15.7. The highest BCUT2D eigenvalue weighted by atomic mass is 35.5. The van der Waals surface area contributed by atoms with Crippen molar-refractivity contribution in [1.82, 2.24) is 14.9 Å². The Morgan fingerprint density at radius 1 is 1.30 bits per heavy atom. The van der Waals surface area contributed by atoms with Gasteiger partial charge < -0.3 is 9.80 Å². The first-order chi connectivity index (χ1) is 13.0. The minimum atomic E-state index is 0.134. The van der Waals surface area contributed by atoms with Crippen molar-refractivity contribution in [3.05, 3.63) is 41.2 Å². The topological polar surface area (TPSA) is 49.3 Å². The smallest absolute Gasteiger partial charge is 0.225 e. The van der Waals surface area contributed by atoms with Crippen molar-refractivity contribution in [1.29, 1.82) is 0 Å². The standard InChI is InChI=1S/C20H24Cl2N4O/c1-25(2)20-23-13-17(15-4-3-5-16(22)12-15)19(24-20)14-7-10-26(11-8-14)18(27)6-9-21/h3-5,12-14H,6-11H2,1-2H3. The van der Waals surface area contributed by atoms with Gasteiger partial charge in [-0.25, -0.2) is 9.97 Å². The predicted octanol–water partition coefficient (Wildman–Crippen LogP) is 4.20. The predicted molar refractivity (Wildman–Crippen MR) is 111 cm³/mol. The molecule has 0 bridgehead atoms. The molecular weight excluding hydrogens is 383 g/mol. The number of likely N-dealkylation sites (tertiary alicyclic amines) is 1. The van der Waals surface area contributed by atoms with E-state index >= 15 is 0 Å². The molecule has 1 aromatic carbocycles. The van der Waals surface area contributed by atoms with Crippen LogP contribution in [0.25, 0.3) is 11.1 Å². The van der Waals surface area contributed by atoms with Gasteiger partial charge in [0.2, 0.25) is 11.9 Å². The van der Waals surface area contributed by atoms with E-state index in [1.807, 2.05) is 54.4 Å². The molecule has 0 saturated carbocycles. The monoisotopic (exact) mass is 406 g/mol. The number of carbonyl (C=O) groups excluding carboxylic acids is 1. The van der Waals surface area contributed by atoms with Gasteiger partial charge in [-0.1, -0.05) is 23.7 Å². The molecule has 1 aliphatic heterocycles. The number of rotatable bonds is 5. The average molecular weight is 407 g/mol. The Bertz CT molecular complexity index is 804. The quantitative estimate of drug-likeness (QED) is 0.698. The molecule has 1 saturated heterocycles. The fourth-order valence-electron chi connectivity index (χ4n) is 3.43. The zero-order chi connectivity index (χ0) is 19.4. The van der Waals surface area contributed by atoms with Crippen molar-refractivity contribution in [3.8, 4) is 11.1 Å². The second-order valence-corrected chi connectivity index (χ2v) is 7.78. The Labute approximate surface area is 170 Å². The molecule has 0 aliphatic carbocycles. The average Bonchev–Trinajstić information content (AvgIpc) is 2.68. The van der Waals surface area contributed by atoms with E-state index < -0.39 is 0 Å². The number of nitrogens with zero attached hydrogens (tertiary/aromatic N) is 4. The van der Waals surface area contributed by atoms with E-state index in [4.69, 9.17) is 28.2 Å². The van der Waals surface area contributed by atoms with Gasteiger partial charge in [0.25, 0.3) is 0 Å². The van der Waals surface area contributed by atoms with Crippen LogP contribution >= 0.6 is 23.2 Å². The summed E-state index contributed by atoms with van der Waals surface area (Å²) in [4.78, 5) is 25.3. The molecule has 5 nitrogen and oxygen atoms in total. The minimum absolute atomic E-state index is 0.134. The van der Waals surface area contributed by atoms with Gasteiger partial charge in [0.1, 0.15) is 0 Å². The van der Waals surface area contributed by atoms with Crippen LogP contribution in [0.5, 0.6) is 0 Å². The Hall–Kier alpha value is -1.85. The van der Waals surface area contributed by atoms with Gasteiger partial charge in [0, 0.05) is 62.2 Å². The number of hydrogen-bond donors (Lipinski definition) is 0. The van der Waals surface area contributed by atoms with E-state index in [9.17, 15) is 4.79 Å². The summed E-state index contributed by atoms with van der Waals surface area (Å²) in [7, 11) is 3.87. The fourth-order valence-corrected chi connectivity index (χ4v) is 3.78. The highest BCUT2D eigenvalue weighted by Gasteiger charge is 2.27. The number of anilines is 1. The minimum Gasteiger partial charge on any atom is -0.347 e. The number of halogens is 2. The lowest BCUT2D eigenvalue weighted by Crippen LogP contribution is -2.38. The molecule has 3 rings (SSSR count). The molecule has 2 aromatic rings. The molecule has 144 valence electrons. The Balaban J connectivity index is 1.89. The lowest BCUT2D eigenvalue weighted by atomic mass is 9.89. The maximum Gasteiger partial charge on any atom is 0.225 e. The van der Waals surface area contributed by atoms with Crippen LogP contribution in [0.4, 0.5) is 5.95 Å². The normalized spacial score (nSPS) is 15.0. The van der Waals surface area contributed by atoms with Gasteiger partial charge in [-0.3, -0.25) is 4.79 Å². The van der Waals surface area contributed by atoms with Crippen molar-refractivity contribution >= 4 is 35.1 Å². The van der Waals surface area contributed by atoms with Crippen LogP contribution in [0.15, 0.2) is 30.5 Å². The molecule has 1 aromatic heterocycles. The van der Waals surface area contributed by atoms with E-state index in [1.54, 1.807) is 0 Å². The van der Waals surface area contributed by atoms with Crippen molar-refractivity contribution < 1.29 is 4.79 Å². The van der Waals surface area contributed by atoms with Crippen LogP contribution in [0.2, 0.25) is 5.02 Å². The molecule has 2 heterocycles. The molecule has 27 heavy (non-hydrogen) atoms.